The smallest absolute Gasteiger partial charge is 0.225 e. The molecule has 0 bridgehead atoms. The summed E-state index contributed by atoms with van der Waals surface area (Å²) in [5.41, 5.74) is -0.729. The Bertz CT molecular complexity index is 337. The number of nitrogens with zero attached hydrogens (tertiary/aromatic N) is 1. The third kappa shape index (κ3) is 4.96. The maximum atomic E-state index is 12.6. The maximum absolute atomic E-state index is 12.6. The molecule has 0 unspecified atom stereocenters. The van der Waals surface area contributed by atoms with Gasteiger partial charge in [-0.3, -0.25) is 4.79 Å². The van der Waals surface area contributed by atoms with E-state index in [0.29, 0.717) is 12.5 Å². The highest BCUT2D eigenvalue weighted by Gasteiger charge is 2.36. The molecule has 4 heteroatoms. The van der Waals surface area contributed by atoms with Crippen LogP contribution in [0.3, 0.4) is 0 Å². The van der Waals surface area contributed by atoms with Crippen molar-refractivity contribution in [1.29, 1.82) is 0 Å². The van der Waals surface area contributed by atoms with Crippen molar-refractivity contribution < 1.29 is 14.6 Å². The normalized spacial score (nSPS) is 25.5. The fourth-order valence-corrected chi connectivity index (χ4v) is 3.66. The molecule has 0 aromatic rings. The molecule has 1 atom stereocenters. The summed E-state index contributed by atoms with van der Waals surface area (Å²) in [5.74, 6) is 0.147. The number of piperidine rings is 1. The van der Waals surface area contributed by atoms with E-state index < -0.39 is 5.60 Å². The first kappa shape index (κ1) is 16.8. The van der Waals surface area contributed by atoms with E-state index in [2.05, 4.69) is 0 Å². The second-order valence-corrected chi connectivity index (χ2v) is 7.05. The molecule has 21 heavy (non-hydrogen) atoms. The van der Waals surface area contributed by atoms with Crippen LogP contribution in [0.5, 0.6) is 0 Å². The molecule has 0 aromatic carbocycles. The number of hydrogen-bond donors (Lipinski definition) is 1. The monoisotopic (exact) mass is 297 g/mol. The summed E-state index contributed by atoms with van der Waals surface area (Å²) in [6.45, 7) is 5.65. The lowest BCUT2D eigenvalue weighted by atomic mass is 9.94. The Morgan fingerprint density at radius 1 is 1.29 bits per heavy atom. The summed E-state index contributed by atoms with van der Waals surface area (Å²) in [5, 5.41) is 10.5. The van der Waals surface area contributed by atoms with E-state index in [1.165, 1.54) is 6.42 Å². The molecule has 1 heterocycles. The highest BCUT2D eigenvalue weighted by Crippen LogP contribution is 2.33. The molecule has 122 valence electrons. The molecule has 0 spiro atoms. The molecular formula is C17H31NO3. The number of hydrogen-bond acceptors (Lipinski definition) is 3. The van der Waals surface area contributed by atoms with Crippen LogP contribution in [0.1, 0.15) is 71.6 Å². The van der Waals surface area contributed by atoms with Crippen LogP contribution in [0, 0.1) is 0 Å². The first-order valence-electron chi connectivity index (χ1n) is 8.64. The van der Waals surface area contributed by atoms with E-state index in [4.69, 9.17) is 4.74 Å². The van der Waals surface area contributed by atoms with Crippen LogP contribution in [0.4, 0.5) is 0 Å². The van der Waals surface area contributed by atoms with Crippen molar-refractivity contribution in [3.63, 3.8) is 0 Å². The van der Waals surface area contributed by atoms with Gasteiger partial charge >= 0.3 is 0 Å². The predicted molar refractivity (Wildman–Crippen MR) is 83.1 cm³/mol. The summed E-state index contributed by atoms with van der Waals surface area (Å²) in [6.07, 6.45) is 8.51. The van der Waals surface area contributed by atoms with Gasteiger partial charge in [-0.2, -0.15) is 0 Å². The minimum absolute atomic E-state index is 0.147. The molecule has 1 aliphatic carbocycles. The predicted octanol–water partition coefficient (Wildman–Crippen LogP) is 2.88. The molecule has 1 saturated carbocycles. The number of carbonyl (C=O) groups excluding carboxylic acids is 1. The van der Waals surface area contributed by atoms with Crippen molar-refractivity contribution in [3.05, 3.63) is 0 Å². The van der Waals surface area contributed by atoms with E-state index in [1.807, 2.05) is 18.7 Å². The Hall–Kier alpha value is -0.610. The Kier molecular flexibility index (Phi) is 6.06. The van der Waals surface area contributed by atoms with Crippen LogP contribution >= 0.6 is 0 Å². The summed E-state index contributed by atoms with van der Waals surface area (Å²) >= 11 is 0. The molecule has 0 aromatic heterocycles. The zero-order valence-electron chi connectivity index (χ0n) is 13.6. The fourth-order valence-electron chi connectivity index (χ4n) is 3.66. The van der Waals surface area contributed by atoms with Gasteiger partial charge in [-0.15, -0.1) is 0 Å². The standard InChI is InChI=1S/C17H31NO3/c1-14(2)21-12-8-15-7-3-6-11-18(15)16(19)13-17(20)9-4-5-10-17/h14-15,20H,3-13H2,1-2H3/t15-/m1/s1. The number of likely N-dealkylation sites (tertiary alicyclic amines) is 1. The molecule has 2 fully saturated rings. The summed E-state index contributed by atoms with van der Waals surface area (Å²) in [4.78, 5) is 14.6. The molecule has 2 rings (SSSR count). The topological polar surface area (TPSA) is 49.8 Å². The Morgan fingerprint density at radius 3 is 2.67 bits per heavy atom. The second kappa shape index (κ2) is 7.59. The molecule has 1 saturated heterocycles. The van der Waals surface area contributed by atoms with Gasteiger partial charge in [0.05, 0.1) is 18.1 Å². The number of rotatable bonds is 6. The van der Waals surface area contributed by atoms with Gasteiger partial charge in [0.25, 0.3) is 0 Å². The van der Waals surface area contributed by atoms with Gasteiger partial charge < -0.3 is 14.7 Å². The van der Waals surface area contributed by atoms with Crippen molar-refractivity contribution in [3.8, 4) is 0 Å². The number of amides is 1. The molecule has 2 aliphatic rings. The highest BCUT2D eigenvalue weighted by atomic mass is 16.5. The van der Waals surface area contributed by atoms with Gasteiger partial charge in [0, 0.05) is 19.2 Å². The van der Waals surface area contributed by atoms with Crippen LogP contribution in [-0.2, 0) is 9.53 Å². The van der Waals surface area contributed by atoms with Crippen molar-refractivity contribution >= 4 is 5.91 Å². The Morgan fingerprint density at radius 2 is 2.00 bits per heavy atom. The first-order valence-corrected chi connectivity index (χ1v) is 8.64. The Labute approximate surface area is 128 Å². The average molecular weight is 297 g/mol. The van der Waals surface area contributed by atoms with Gasteiger partial charge in [0.15, 0.2) is 0 Å². The first-order chi connectivity index (χ1) is 10.0. The maximum Gasteiger partial charge on any atom is 0.225 e. The lowest BCUT2D eigenvalue weighted by molar-refractivity contribution is -0.140. The quantitative estimate of drug-likeness (QED) is 0.820. The number of aliphatic hydroxyl groups is 1. The summed E-state index contributed by atoms with van der Waals surface area (Å²) < 4.78 is 5.64. The molecule has 4 nitrogen and oxygen atoms in total. The highest BCUT2D eigenvalue weighted by molar-refractivity contribution is 5.77. The van der Waals surface area contributed by atoms with E-state index in [0.717, 1.165) is 58.1 Å². The largest absolute Gasteiger partial charge is 0.389 e. The molecule has 1 aliphatic heterocycles. The lowest BCUT2D eigenvalue weighted by Crippen LogP contribution is -2.47. The Balaban J connectivity index is 1.86. The van der Waals surface area contributed by atoms with E-state index in [9.17, 15) is 9.90 Å². The number of ether oxygens (including phenoxy) is 1. The zero-order chi connectivity index (χ0) is 15.3. The lowest BCUT2D eigenvalue weighted by Gasteiger charge is -2.37. The van der Waals surface area contributed by atoms with Crippen LogP contribution in [-0.4, -0.2) is 46.8 Å². The van der Waals surface area contributed by atoms with Gasteiger partial charge in [-0.05, 0) is 52.4 Å². The van der Waals surface area contributed by atoms with E-state index >= 15 is 0 Å². The SMILES string of the molecule is CC(C)OCC[C@H]1CCCCN1C(=O)CC1(O)CCCC1. The van der Waals surface area contributed by atoms with Crippen molar-refractivity contribution in [2.45, 2.75) is 89.4 Å². The van der Waals surface area contributed by atoms with Crippen LogP contribution < -0.4 is 0 Å². The minimum Gasteiger partial charge on any atom is -0.389 e. The third-order valence-corrected chi connectivity index (χ3v) is 4.86. The fraction of sp³-hybridized carbons (Fsp3) is 0.941. The van der Waals surface area contributed by atoms with Crippen LogP contribution in [0.15, 0.2) is 0 Å². The molecule has 1 N–H and O–H groups in total. The van der Waals surface area contributed by atoms with E-state index in [1.54, 1.807) is 0 Å². The minimum atomic E-state index is -0.729. The van der Waals surface area contributed by atoms with Crippen molar-refractivity contribution in [2.24, 2.45) is 0 Å². The second-order valence-electron chi connectivity index (χ2n) is 7.05. The zero-order valence-corrected chi connectivity index (χ0v) is 13.6. The average Bonchev–Trinajstić information content (AvgIpc) is 2.85. The van der Waals surface area contributed by atoms with Crippen LogP contribution in [0.2, 0.25) is 0 Å². The summed E-state index contributed by atoms with van der Waals surface area (Å²) in [7, 11) is 0. The molecule has 1 amide bonds. The van der Waals surface area contributed by atoms with Gasteiger partial charge in [0.2, 0.25) is 5.91 Å². The van der Waals surface area contributed by atoms with Crippen LogP contribution in [0.25, 0.3) is 0 Å². The number of carbonyl (C=O) groups is 1. The molecular weight excluding hydrogens is 266 g/mol. The summed E-state index contributed by atoms with van der Waals surface area (Å²) in [6, 6.07) is 0.301. The molecule has 0 radical (unpaired) electrons. The van der Waals surface area contributed by atoms with Gasteiger partial charge in [-0.1, -0.05) is 12.8 Å². The van der Waals surface area contributed by atoms with Crippen molar-refractivity contribution in [1.82, 2.24) is 4.90 Å². The van der Waals surface area contributed by atoms with E-state index in [-0.39, 0.29) is 12.0 Å². The van der Waals surface area contributed by atoms with Gasteiger partial charge in [0.1, 0.15) is 0 Å². The van der Waals surface area contributed by atoms with Crippen molar-refractivity contribution in [2.75, 3.05) is 13.2 Å². The van der Waals surface area contributed by atoms with Gasteiger partial charge in [-0.25, -0.2) is 0 Å². The third-order valence-electron chi connectivity index (χ3n) is 4.86.